The van der Waals surface area contributed by atoms with Gasteiger partial charge < -0.3 is 9.32 Å². The van der Waals surface area contributed by atoms with Crippen LogP contribution in [0.2, 0.25) is 0 Å². The van der Waals surface area contributed by atoms with Gasteiger partial charge in [-0.1, -0.05) is 13.8 Å². The Morgan fingerprint density at radius 3 is 2.44 bits per heavy atom. The predicted octanol–water partition coefficient (Wildman–Crippen LogP) is 2.17. The number of nitrogens with zero attached hydrogens (tertiary/aromatic N) is 2. The lowest BCUT2D eigenvalue weighted by Gasteiger charge is -2.20. The van der Waals surface area contributed by atoms with Crippen molar-refractivity contribution in [3.05, 3.63) is 17.8 Å². The average Bonchev–Trinajstić information content (AvgIpc) is 2.64. The van der Waals surface area contributed by atoms with Crippen molar-refractivity contribution in [3.63, 3.8) is 0 Å². The van der Waals surface area contributed by atoms with Crippen molar-refractivity contribution in [2.45, 2.75) is 40.0 Å². The van der Waals surface area contributed by atoms with E-state index in [1.807, 2.05) is 11.8 Å². The molecule has 1 aromatic rings. The fourth-order valence-corrected chi connectivity index (χ4v) is 1.65. The first kappa shape index (κ1) is 12.7. The first-order chi connectivity index (χ1) is 7.69. The third kappa shape index (κ3) is 3.36. The normalized spacial score (nSPS) is 10.4. The fraction of sp³-hybridized carbons (Fsp3) is 0.667. The summed E-state index contributed by atoms with van der Waals surface area (Å²) in [5.74, 6) is 0.811. The van der Waals surface area contributed by atoms with Crippen molar-refractivity contribution in [2.24, 2.45) is 0 Å². The molecular formula is C12H20N2O2. The maximum Gasteiger partial charge on any atom is 0.230 e. The third-order valence-electron chi connectivity index (χ3n) is 2.50. The Labute approximate surface area is 96.7 Å². The molecule has 1 heterocycles. The Hall–Kier alpha value is -1.32. The van der Waals surface area contributed by atoms with Crippen molar-refractivity contribution in [1.29, 1.82) is 0 Å². The summed E-state index contributed by atoms with van der Waals surface area (Å²) in [7, 11) is 0. The highest BCUT2D eigenvalue weighted by molar-refractivity contribution is 5.78. The molecule has 0 N–H and O–H groups in total. The number of rotatable bonds is 6. The van der Waals surface area contributed by atoms with Crippen molar-refractivity contribution < 1.29 is 9.21 Å². The molecule has 0 fully saturated rings. The highest BCUT2D eigenvalue weighted by Crippen LogP contribution is 2.08. The Kier molecular flexibility index (Phi) is 5.02. The van der Waals surface area contributed by atoms with Gasteiger partial charge in [0.15, 0.2) is 6.39 Å². The second kappa shape index (κ2) is 6.30. The second-order valence-electron chi connectivity index (χ2n) is 3.92. The zero-order valence-electron chi connectivity index (χ0n) is 10.3. The number of oxazole rings is 1. The smallest absolute Gasteiger partial charge is 0.230 e. The molecule has 0 unspecified atom stereocenters. The van der Waals surface area contributed by atoms with Crippen LogP contribution in [0.15, 0.2) is 10.8 Å². The Morgan fingerprint density at radius 2 is 2.00 bits per heavy atom. The molecular weight excluding hydrogens is 204 g/mol. The molecule has 0 saturated carbocycles. The summed E-state index contributed by atoms with van der Waals surface area (Å²) >= 11 is 0. The Morgan fingerprint density at radius 1 is 1.38 bits per heavy atom. The van der Waals surface area contributed by atoms with Crippen molar-refractivity contribution in [1.82, 2.24) is 9.88 Å². The van der Waals surface area contributed by atoms with Gasteiger partial charge in [-0.05, 0) is 19.8 Å². The molecule has 0 saturated heterocycles. The molecule has 4 heteroatoms. The van der Waals surface area contributed by atoms with Gasteiger partial charge in [0.1, 0.15) is 5.76 Å². The predicted molar refractivity (Wildman–Crippen MR) is 62.1 cm³/mol. The summed E-state index contributed by atoms with van der Waals surface area (Å²) in [6.45, 7) is 7.65. The number of carbonyl (C=O) groups excluding carboxylic acids is 1. The van der Waals surface area contributed by atoms with E-state index >= 15 is 0 Å². The number of aryl methyl sites for hydroxylation is 1. The maximum atomic E-state index is 12.0. The summed E-state index contributed by atoms with van der Waals surface area (Å²) in [4.78, 5) is 17.9. The highest BCUT2D eigenvalue weighted by Gasteiger charge is 2.15. The van der Waals surface area contributed by atoms with E-state index in [0.29, 0.717) is 12.2 Å². The molecule has 1 rings (SSSR count). The van der Waals surface area contributed by atoms with E-state index < -0.39 is 0 Å². The van der Waals surface area contributed by atoms with Crippen LogP contribution < -0.4 is 0 Å². The Bertz CT molecular complexity index is 328. The number of carbonyl (C=O) groups is 1. The largest absolute Gasteiger partial charge is 0.448 e. The van der Waals surface area contributed by atoms with Gasteiger partial charge in [-0.2, -0.15) is 0 Å². The monoisotopic (exact) mass is 224 g/mol. The van der Waals surface area contributed by atoms with Crippen molar-refractivity contribution in [3.8, 4) is 0 Å². The molecule has 4 nitrogen and oxygen atoms in total. The zero-order chi connectivity index (χ0) is 12.0. The summed E-state index contributed by atoms with van der Waals surface area (Å²) in [5.41, 5.74) is 0.807. The van der Waals surface area contributed by atoms with Gasteiger partial charge in [0.25, 0.3) is 0 Å². The SMILES string of the molecule is CCCN(CCC)C(=O)Cc1ocnc1C. The lowest BCUT2D eigenvalue weighted by atomic mass is 10.2. The van der Waals surface area contributed by atoms with Crippen LogP contribution >= 0.6 is 0 Å². The molecule has 0 aromatic carbocycles. The van der Waals surface area contributed by atoms with Gasteiger partial charge in [-0.15, -0.1) is 0 Å². The zero-order valence-corrected chi connectivity index (χ0v) is 10.3. The third-order valence-corrected chi connectivity index (χ3v) is 2.50. The molecule has 0 spiro atoms. The molecule has 16 heavy (non-hydrogen) atoms. The van der Waals surface area contributed by atoms with Crippen LogP contribution in [0.25, 0.3) is 0 Å². The lowest BCUT2D eigenvalue weighted by molar-refractivity contribution is -0.130. The highest BCUT2D eigenvalue weighted by atomic mass is 16.3. The minimum absolute atomic E-state index is 0.128. The van der Waals surface area contributed by atoms with Crippen LogP contribution in [0.4, 0.5) is 0 Å². The molecule has 0 aliphatic rings. The molecule has 90 valence electrons. The first-order valence-corrected chi connectivity index (χ1v) is 5.85. The minimum Gasteiger partial charge on any atom is -0.448 e. The second-order valence-corrected chi connectivity index (χ2v) is 3.92. The van der Waals surface area contributed by atoms with Crippen molar-refractivity contribution in [2.75, 3.05) is 13.1 Å². The lowest BCUT2D eigenvalue weighted by Crippen LogP contribution is -2.33. The van der Waals surface area contributed by atoms with E-state index in [0.717, 1.165) is 31.6 Å². The standard InChI is InChI=1S/C12H20N2O2/c1-4-6-14(7-5-2)12(15)8-11-10(3)13-9-16-11/h9H,4-8H2,1-3H3. The van der Waals surface area contributed by atoms with E-state index in [9.17, 15) is 4.79 Å². The van der Waals surface area contributed by atoms with Gasteiger partial charge in [0.2, 0.25) is 5.91 Å². The fourth-order valence-electron chi connectivity index (χ4n) is 1.65. The van der Waals surface area contributed by atoms with Gasteiger partial charge >= 0.3 is 0 Å². The van der Waals surface area contributed by atoms with E-state index in [4.69, 9.17) is 4.42 Å². The van der Waals surface area contributed by atoms with Crippen LogP contribution in [0.3, 0.4) is 0 Å². The number of hydrogen-bond donors (Lipinski definition) is 0. The summed E-state index contributed by atoms with van der Waals surface area (Å²) in [6.07, 6.45) is 3.69. The van der Waals surface area contributed by atoms with Gasteiger partial charge in [0.05, 0.1) is 12.1 Å². The van der Waals surface area contributed by atoms with E-state index in [2.05, 4.69) is 18.8 Å². The van der Waals surface area contributed by atoms with Crippen LogP contribution in [0.5, 0.6) is 0 Å². The van der Waals surface area contributed by atoms with Gasteiger partial charge in [-0.25, -0.2) is 4.98 Å². The van der Waals surface area contributed by atoms with E-state index in [1.165, 1.54) is 6.39 Å². The molecule has 0 atom stereocenters. The van der Waals surface area contributed by atoms with Crippen LogP contribution in [0, 0.1) is 6.92 Å². The maximum absolute atomic E-state index is 12.0. The number of amides is 1. The molecule has 1 amide bonds. The van der Waals surface area contributed by atoms with Crippen LogP contribution in [0.1, 0.15) is 38.1 Å². The van der Waals surface area contributed by atoms with Crippen LogP contribution in [-0.4, -0.2) is 28.9 Å². The molecule has 0 radical (unpaired) electrons. The summed E-state index contributed by atoms with van der Waals surface area (Å²) < 4.78 is 5.18. The first-order valence-electron chi connectivity index (χ1n) is 5.85. The van der Waals surface area contributed by atoms with Gasteiger partial charge in [0, 0.05) is 13.1 Å². The van der Waals surface area contributed by atoms with Gasteiger partial charge in [-0.3, -0.25) is 4.79 Å². The number of aromatic nitrogens is 1. The average molecular weight is 224 g/mol. The van der Waals surface area contributed by atoms with Crippen LogP contribution in [-0.2, 0) is 11.2 Å². The molecule has 0 aliphatic carbocycles. The Balaban J connectivity index is 2.58. The number of hydrogen-bond acceptors (Lipinski definition) is 3. The van der Waals surface area contributed by atoms with Crippen molar-refractivity contribution >= 4 is 5.91 Å². The topological polar surface area (TPSA) is 46.3 Å². The molecule has 0 aliphatic heterocycles. The molecule has 0 bridgehead atoms. The molecule has 1 aromatic heterocycles. The van der Waals surface area contributed by atoms with E-state index in [-0.39, 0.29) is 5.91 Å². The summed E-state index contributed by atoms with van der Waals surface area (Å²) in [5, 5.41) is 0. The minimum atomic E-state index is 0.128. The quantitative estimate of drug-likeness (QED) is 0.744. The summed E-state index contributed by atoms with van der Waals surface area (Å²) in [6, 6.07) is 0. The van der Waals surface area contributed by atoms with E-state index in [1.54, 1.807) is 0 Å².